The van der Waals surface area contributed by atoms with Crippen LogP contribution in [-0.4, -0.2) is 82.7 Å². The van der Waals surface area contributed by atoms with Crippen molar-refractivity contribution in [2.45, 2.75) is 45.6 Å². The monoisotopic (exact) mass is 561 g/mol. The van der Waals surface area contributed by atoms with Crippen molar-refractivity contribution in [3.05, 3.63) is 47.8 Å². The minimum absolute atomic E-state index is 0.00376. The van der Waals surface area contributed by atoms with Crippen LogP contribution in [0.2, 0.25) is 0 Å². The molecule has 2 heterocycles. The molecular weight excluding hydrogens is 525 g/mol. The number of unbranched alkanes of at least 4 members (excludes halogenated alkanes) is 1. The van der Waals surface area contributed by atoms with E-state index in [0.29, 0.717) is 49.7 Å². The summed E-state index contributed by atoms with van der Waals surface area (Å²) in [5.41, 5.74) is 1.24. The van der Waals surface area contributed by atoms with Gasteiger partial charge in [0.25, 0.3) is 5.91 Å². The molecule has 2 aromatic rings. The average molecular weight is 562 g/mol. The van der Waals surface area contributed by atoms with Crippen molar-refractivity contribution in [2.24, 2.45) is 0 Å². The van der Waals surface area contributed by atoms with Gasteiger partial charge in [0, 0.05) is 37.4 Å². The van der Waals surface area contributed by atoms with Crippen LogP contribution in [-0.2, 0) is 18.6 Å². The van der Waals surface area contributed by atoms with Crippen LogP contribution in [0.15, 0.2) is 36.4 Å². The van der Waals surface area contributed by atoms with Crippen LogP contribution >= 0.6 is 7.60 Å². The van der Waals surface area contributed by atoms with Gasteiger partial charge in [-0.25, -0.2) is 19.6 Å². The van der Waals surface area contributed by atoms with Crippen LogP contribution in [0, 0.1) is 0 Å². The summed E-state index contributed by atoms with van der Waals surface area (Å²) in [6, 6.07) is 8.95. The molecule has 0 bridgehead atoms. The van der Waals surface area contributed by atoms with Gasteiger partial charge in [-0.2, -0.15) is 0 Å². The van der Waals surface area contributed by atoms with E-state index in [0.717, 1.165) is 6.42 Å². The molecule has 13 heteroatoms. The summed E-state index contributed by atoms with van der Waals surface area (Å²) in [5, 5.41) is 5.52. The Kier molecular flexibility index (Phi) is 11.1. The van der Waals surface area contributed by atoms with Crippen LogP contribution in [0.4, 0.5) is 4.79 Å². The molecule has 1 fully saturated rings. The van der Waals surface area contributed by atoms with E-state index in [1.165, 1.54) is 11.0 Å². The van der Waals surface area contributed by atoms with E-state index >= 15 is 0 Å². The number of carbonyl (C=O) groups is 3. The van der Waals surface area contributed by atoms with Gasteiger partial charge in [0.15, 0.2) is 5.82 Å². The highest BCUT2D eigenvalue weighted by Crippen LogP contribution is 2.42. The number of amides is 2. The van der Waals surface area contributed by atoms with E-state index in [1.54, 1.807) is 12.1 Å². The largest absolute Gasteiger partial charge is 0.417 e. The molecule has 3 rings (SSSR count). The summed E-state index contributed by atoms with van der Waals surface area (Å²) in [6.45, 7) is 7.47. The Hall–Kier alpha value is -3.18. The van der Waals surface area contributed by atoms with Gasteiger partial charge in [-0.05, 0) is 18.4 Å². The maximum atomic E-state index is 13.3. The normalized spacial score (nSPS) is 15.9. The van der Waals surface area contributed by atoms with Crippen LogP contribution < -0.4 is 10.6 Å². The van der Waals surface area contributed by atoms with Gasteiger partial charge in [-0.1, -0.05) is 57.5 Å². The van der Waals surface area contributed by atoms with Crippen molar-refractivity contribution in [2.75, 3.05) is 38.9 Å². The van der Waals surface area contributed by atoms with Gasteiger partial charge >= 0.3 is 19.7 Å². The lowest BCUT2D eigenvalue weighted by molar-refractivity contribution is -0.140. The second kappa shape index (κ2) is 14.3. The quantitative estimate of drug-likeness (QED) is 0.161. The molecule has 2 unspecified atom stereocenters. The summed E-state index contributed by atoms with van der Waals surface area (Å²) < 4.78 is 22.8. The Bertz CT molecular complexity index is 1190. The van der Waals surface area contributed by atoms with Gasteiger partial charge < -0.3 is 29.7 Å². The van der Waals surface area contributed by atoms with Crippen LogP contribution in [0.1, 0.15) is 55.7 Å². The number of hydrogen-bond donors (Lipinski definition) is 3. The first-order chi connectivity index (χ1) is 18.6. The molecule has 0 spiro atoms. The number of aromatic nitrogens is 2. The molecule has 39 heavy (non-hydrogen) atoms. The number of carbonyl (C=O) groups excluding carboxylic acids is 3. The minimum Gasteiger partial charge on any atom is -0.375 e. The number of hydrogen-bond acceptors (Lipinski definition) is 9. The lowest BCUT2D eigenvalue weighted by Crippen LogP contribution is -2.50. The third kappa shape index (κ3) is 9.21. The summed E-state index contributed by atoms with van der Waals surface area (Å²) >= 11 is 0. The summed E-state index contributed by atoms with van der Waals surface area (Å²) in [6.07, 6.45) is -0.397. The molecule has 1 aromatic heterocycles. The number of ether oxygens (including phenoxy) is 1. The molecule has 0 aliphatic carbocycles. The third-order valence-corrected chi connectivity index (χ3v) is 7.37. The van der Waals surface area contributed by atoms with Crippen molar-refractivity contribution < 1.29 is 33.1 Å². The maximum Gasteiger partial charge on any atom is 0.417 e. The first kappa shape index (κ1) is 30.4. The highest BCUT2D eigenvalue weighted by atomic mass is 31.2. The molecule has 2 atom stereocenters. The fraction of sp³-hybridized carbons (Fsp3) is 0.500. The van der Waals surface area contributed by atoms with E-state index in [2.05, 4.69) is 20.6 Å². The molecule has 2 amide bonds. The zero-order valence-corrected chi connectivity index (χ0v) is 23.4. The number of esters is 1. The van der Waals surface area contributed by atoms with Crippen LogP contribution in [0.5, 0.6) is 0 Å². The molecule has 0 saturated carbocycles. The Labute approximate surface area is 228 Å². The second-order valence-corrected chi connectivity index (χ2v) is 11.4. The van der Waals surface area contributed by atoms with Crippen molar-refractivity contribution in [1.29, 1.82) is 0 Å². The van der Waals surface area contributed by atoms with Crippen molar-refractivity contribution >= 4 is 25.6 Å². The average Bonchev–Trinajstić information content (AvgIpc) is 2.93. The standard InChI is InChI=1S/C26H36N5O7P/c1-4-5-15-37-39(35,36)17-22(25(33)38-26(34)31-13-11-27-12-14-31)30-24(32)21-16-20(18(2)3)28-23(29-21)19-9-7-6-8-10-19/h6-10,16,18,22,27H,4-5,11-15,17H2,1-3H3,(H,30,32)(H,35,36). The van der Waals surface area contributed by atoms with E-state index < -0.39 is 37.8 Å². The lowest BCUT2D eigenvalue weighted by atomic mass is 10.1. The molecule has 0 radical (unpaired) electrons. The van der Waals surface area contributed by atoms with Gasteiger partial charge in [0.05, 0.1) is 12.8 Å². The molecule has 3 N–H and O–H groups in total. The third-order valence-electron chi connectivity index (χ3n) is 5.96. The van der Waals surface area contributed by atoms with Crippen molar-refractivity contribution in [1.82, 2.24) is 25.5 Å². The van der Waals surface area contributed by atoms with E-state index in [9.17, 15) is 23.8 Å². The van der Waals surface area contributed by atoms with Crippen LogP contribution in [0.25, 0.3) is 11.4 Å². The van der Waals surface area contributed by atoms with Crippen molar-refractivity contribution in [3.8, 4) is 11.4 Å². The van der Waals surface area contributed by atoms with Crippen LogP contribution in [0.3, 0.4) is 0 Å². The number of piperazine rings is 1. The number of benzene rings is 1. The topological polar surface area (TPSA) is 160 Å². The Balaban J connectivity index is 1.85. The van der Waals surface area contributed by atoms with Gasteiger partial charge in [-0.3, -0.25) is 9.36 Å². The molecule has 1 aliphatic rings. The van der Waals surface area contributed by atoms with Crippen molar-refractivity contribution in [3.63, 3.8) is 0 Å². The maximum absolute atomic E-state index is 13.3. The fourth-order valence-corrected chi connectivity index (χ4v) is 4.93. The molecule has 1 aromatic carbocycles. The van der Waals surface area contributed by atoms with E-state index in [4.69, 9.17) is 9.26 Å². The zero-order valence-electron chi connectivity index (χ0n) is 22.5. The van der Waals surface area contributed by atoms with E-state index in [1.807, 2.05) is 39.0 Å². The SMILES string of the molecule is CCCCOP(=O)(O)CC(NC(=O)c1cc(C(C)C)nc(-c2ccccc2)n1)C(=O)OC(=O)N1CCNCC1. The Morgan fingerprint density at radius 1 is 1.15 bits per heavy atom. The molecule has 1 saturated heterocycles. The molecule has 212 valence electrons. The van der Waals surface area contributed by atoms with Gasteiger partial charge in [0.2, 0.25) is 0 Å². The molecule has 12 nitrogen and oxygen atoms in total. The first-order valence-electron chi connectivity index (χ1n) is 13.0. The smallest absolute Gasteiger partial charge is 0.375 e. The summed E-state index contributed by atoms with van der Waals surface area (Å²) in [5.74, 6) is -1.68. The molecule has 1 aliphatic heterocycles. The highest BCUT2D eigenvalue weighted by molar-refractivity contribution is 7.52. The van der Waals surface area contributed by atoms with Gasteiger partial charge in [-0.15, -0.1) is 0 Å². The van der Waals surface area contributed by atoms with Gasteiger partial charge in [0.1, 0.15) is 11.7 Å². The van der Waals surface area contributed by atoms with E-state index in [-0.39, 0.29) is 18.2 Å². The highest BCUT2D eigenvalue weighted by Gasteiger charge is 2.35. The molecular formula is C26H36N5O7P. The lowest BCUT2D eigenvalue weighted by Gasteiger charge is -2.27. The summed E-state index contributed by atoms with van der Waals surface area (Å²) in [7, 11) is -4.32. The number of nitrogens with one attached hydrogen (secondary N) is 2. The second-order valence-electron chi connectivity index (χ2n) is 9.48. The fourth-order valence-electron chi connectivity index (χ4n) is 3.71. The predicted octanol–water partition coefficient (Wildman–Crippen LogP) is 2.94. The summed E-state index contributed by atoms with van der Waals surface area (Å²) in [4.78, 5) is 59.5. The number of rotatable bonds is 11. The Morgan fingerprint density at radius 2 is 1.85 bits per heavy atom. The zero-order chi connectivity index (χ0) is 28.4. The minimum atomic E-state index is -4.32. The Morgan fingerprint density at radius 3 is 2.49 bits per heavy atom. The first-order valence-corrected chi connectivity index (χ1v) is 14.8. The number of nitrogens with zero attached hydrogens (tertiary/aromatic N) is 3. The predicted molar refractivity (Wildman–Crippen MR) is 144 cm³/mol.